The topological polar surface area (TPSA) is 53.6 Å². The van der Waals surface area contributed by atoms with Crippen molar-refractivity contribution in [3.05, 3.63) is 29.8 Å². The number of hydrogen-bond acceptors (Lipinski definition) is 4. The van der Waals surface area contributed by atoms with Gasteiger partial charge in [0.25, 0.3) is 0 Å². The highest BCUT2D eigenvalue weighted by molar-refractivity contribution is 5.81. The van der Waals surface area contributed by atoms with Gasteiger partial charge in [0.15, 0.2) is 0 Å². The van der Waals surface area contributed by atoms with Crippen LogP contribution in [-0.2, 0) is 4.79 Å². The number of nitrogens with zero attached hydrogens (tertiary/aromatic N) is 1. The van der Waals surface area contributed by atoms with E-state index in [4.69, 9.17) is 4.74 Å². The number of piperidine rings is 1. The molecule has 0 aliphatic carbocycles. The van der Waals surface area contributed by atoms with E-state index >= 15 is 0 Å². The Morgan fingerprint density at radius 2 is 2.04 bits per heavy atom. The second-order valence-corrected chi connectivity index (χ2v) is 7.28. The number of para-hydroxylation sites is 1. The van der Waals surface area contributed by atoms with Crippen LogP contribution < -0.4 is 15.4 Å². The largest absolute Gasteiger partial charge is 0.493 e. The van der Waals surface area contributed by atoms with Gasteiger partial charge in [-0.25, -0.2) is 0 Å². The predicted octanol–water partition coefficient (Wildman–Crippen LogP) is 2.34. The molecule has 2 heterocycles. The van der Waals surface area contributed by atoms with E-state index in [1.165, 1.54) is 19.3 Å². The number of hydrogen-bond donors (Lipinski definition) is 2. The molecule has 138 valence electrons. The van der Waals surface area contributed by atoms with E-state index in [1.807, 2.05) is 32.2 Å². The number of fused-ring (bicyclic) bond motifs is 1. The zero-order valence-corrected chi connectivity index (χ0v) is 15.5. The van der Waals surface area contributed by atoms with Crippen molar-refractivity contribution in [1.82, 2.24) is 15.5 Å². The van der Waals surface area contributed by atoms with Crippen LogP contribution >= 0.6 is 0 Å². The fraction of sp³-hybridized carbons (Fsp3) is 0.650. The number of carbonyl (C=O) groups is 1. The lowest BCUT2D eigenvalue weighted by atomic mass is 9.92. The molecule has 2 unspecified atom stereocenters. The number of ether oxygens (including phenoxy) is 1. The molecule has 0 saturated carbocycles. The first-order valence-electron chi connectivity index (χ1n) is 9.59. The molecule has 0 aromatic heterocycles. The summed E-state index contributed by atoms with van der Waals surface area (Å²) in [5.74, 6) is 1.83. The maximum Gasteiger partial charge on any atom is 0.237 e. The molecule has 5 nitrogen and oxygen atoms in total. The highest BCUT2D eigenvalue weighted by atomic mass is 16.5. The molecule has 1 aromatic carbocycles. The van der Waals surface area contributed by atoms with Gasteiger partial charge in [0.1, 0.15) is 5.75 Å². The van der Waals surface area contributed by atoms with Crippen molar-refractivity contribution < 1.29 is 9.53 Å². The molecule has 5 heteroatoms. The van der Waals surface area contributed by atoms with Crippen LogP contribution in [0.5, 0.6) is 5.75 Å². The van der Waals surface area contributed by atoms with Crippen LogP contribution in [0.25, 0.3) is 0 Å². The molecular formula is C20H31N3O2. The van der Waals surface area contributed by atoms with Gasteiger partial charge in [-0.2, -0.15) is 0 Å². The lowest BCUT2D eigenvalue weighted by Gasteiger charge is -2.36. The highest BCUT2D eigenvalue weighted by Gasteiger charge is 2.29. The number of carbonyl (C=O) groups excluding carboxylic acids is 1. The third-order valence-corrected chi connectivity index (χ3v) is 5.65. The second-order valence-electron chi connectivity index (χ2n) is 7.28. The Kier molecular flexibility index (Phi) is 6.32. The van der Waals surface area contributed by atoms with Crippen LogP contribution in [0.1, 0.15) is 44.2 Å². The fourth-order valence-electron chi connectivity index (χ4n) is 3.93. The Balaban J connectivity index is 1.52. The smallest absolute Gasteiger partial charge is 0.237 e. The standard InChI is InChI=1S/C20H31N3O2/c1-15(23-12-8-16(9-13-23)7-11-21-2)20(24)22-18-10-14-25-19-6-4-3-5-17(18)19/h3-6,15-16,18,21H,7-14H2,1-2H3,(H,22,24). The van der Waals surface area contributed by atoms with Crippen LogP contribution in [0.2, 0.25) is 0 Å². The van der Waals surface area contributed by atoms with Gasteiger partial charge in [-0.3, -0.25) is 9.69 Å². The molecule has 2 N–H and O–H groups in total. The van der Waals surface area contributed by atoms with E-state index in [0.29, 0.717) is 6.61 Å². The zero-order chi connectivity index (χ0) is 17.6. The summed E-state index contributed by atoms with van der Waals surface area (Å²) < 4.78 is 5.69. The average Bonchev–Trinajstić information content (AvgIpc) is 2.66. The lowest BCUT2D eigenvalue weighted by Crippen LogP contribution is -2.49. The average molecular weight is 345 g/mol. The first kappa shape index (κ1) is 18.2. The van der Waals surface area contributed by atoms with E-state index in [0.717, 1.165) is 43.3 Å². The summed E-state index contributed by atoms with van der Waals surface area (Å²) in [5.41, 5.74) is 1.10. The van der Waals surface area contributed by atoms with E-state index in [2.05, 4.69) is 21.6 Å². The summed E-state index contributed by atoms with van der Waals surface area (Å²) >= 11 is 0. The van der Waals surface area contributed by atoms with Crippen LogP contribution in [-0.4, -0.2) is 50.1 Å². The Morgan fingerprint density at radius 3 is 2.80 bits per heavy atom. The van der Waals surface area contributed by atoms with Gasteiger partial charge in [0.05, 0.1) is 18.7 Å². The lowest BCUT2D eigenvalue weighted by molar-refractivity contribution is -0.127. The van der Waals surface area contributed by atoms with E-state index in [9.17, 15) is 4.79 Å². The van der Waals surface area contributed by atoms with Crippen molar-refractivity contribution in [2.24, 2.45) is 5.92 Å². The molecule has 0 bridgehead atoms. The van der Waals surface area contributed by atoms with Crippen molar-refractivity contribution in [2.45, 2.75) is 44.7 Å². The molecule has 2 atom stereocenters. The third-order valence-electron chi connectivity index (χ3n) is 5.65. The van der Waals surface area contributed by atoms with E-state index < -0.39 is 0 Å². The molecule has 1 saturated heterocycles. The second kappa shape index (κ2) is 8.68. The van der Waals surface area contributed by atoms with Gasteiger partial charge in [0, 0.05) is 12.0 Å². The summed E-state index contributed by atoms with van der Waals surface area (Å²) in [5, 5.41) is 6.48. The molecule has 0 spiro atoms. The van der Waals surface area contributed by atoms with Crippen LogP contribution in [0.15, 0.2) is 24.3 Å². The van der Waals surface area contributed by atoms with Gasteiger partial charge in [-0.15, -0.1) is 0 Å². The van der Waals surface area contributed by atoms with Crippen LogP contribution in [0.4, 0.5) is 0 Å². The van der Waals surface area contributed by atoms with Crippen LogP contribution in [0.3, 0.4) is 0 Å². The Bertz CT molecular complexity index is 570. The van der Waals surface area contributed by atoms with Gasteiger partial charge < -0.3 is 15.4 Å². The summed E-state index contributed by atoms with van der Waals surface area (Å²) in [6.45, 7) is 5.83. The molecule has 2 aliphatic heterocycles. The van der Waals surface area contributed by atoms with Gasteiger partial charge in [-0.1, -0.05) is 18.2 Å². The maximum atomic E-state index is 12.8. The molecule has 2 aliphatic rings. The normalized spacial score (nSPS) is 22.7. The van der Waals surface area contributed by atoms with Gasteiger partial charge in [0.2, 0.25) is 5.91 Å². The summed E-state index contributed by atoms with van der Waals surface area (Å²) in [7, 11) is 2.01. The Morgan fingerprint density at radius 1 is 1.28 bits per heavy atom. The molecule has 3 rings (SSSR count). The number of likely N-dealkylation sites (tertiary alicyclic amines) is 1. The minimum Gasteiger partial charge on any atom is -0.493 e. The van der Waals surface area contributed by atoms with Crippen molar-refractivity contribution in [3.8, 4) is 5.75 Å². The minimum atomic E-state index is -0.0692. The molecule has 25 heavy (non-hydrogen) atoms. The SMILES string of the molecule is CNCCC1CCN(C(C)C(=O)NC2CCOc3ccccc32)CC1. The van der Waals surface area contributed by atoms with Gasteiger partial charge in [-0.05, 0) is 64.9 Å². The molecule has 0 radical (unpaired) electrons. The Labute approximate surface area is 151 Å². The highest BCUT2D eigenvalue weighted by Crippen LogP contribution is 2.31. The molecule has 1 aromatic rings. The van der Waals surface area contributed by atoms with Crippen molar-refractivity contribution in [3.63, 3.8) is 0 Å². The monoisotopic (exact) mass is 345 g/mol. The molecular weight excluding hydrogens is 314 g/mol. The third kappa shape index (κ3) is 4.53. The summed E-state index contributed by atoms with van der Waals surface area (Å²) in [6, 6.07) is 8.01. The molecule has 1 amide bonds. The van der Waals surface area contributed by atoms with E-state index in [1.54, 1.807) is 0 Å². The first-order valence-corrected chi connectivity index (χ1v) is 9.59. The van der Waals surface area contributed by atoms with Crippen molar-refractivity contribution in [2.75, 3.05) is 33.3 Å². The number of rotatable bonds is 6. The Hall–Kier alpha value is -1.59. The zero-order valence-electron chi connectivity index (χ0n) is 15.5. The van der Waals surface area contributed by atoms with Crippen LogP contribution in [0, 0.1) is 5.92 Å². The summed E-state index contributed by atoms with van der Waals surface area (Å²) in [4.78, 5) is 15.1. The predicted molar refractivity (Wildman–Crippen MR) is 99.7 cm³/mol. The number of amides is 1. The van der Waals surface area contributed by atoms with Crippen molar-refractivity contribution >= 4 is 5.91 Å². The van der Waals surface area contributed by atoms with Gasteiger partial charge >= 0.3 is 0 Å². The maximum absolute atomic E-state index is 12.8. The number of benzene rings is 1. The number of nitrogens with one attached hydrogen (secondary N) is 2. The fourth-order valence-corrected chi connectivity index (χ4v) is 3.93. The quantitative estimate of drug-likeness (QED) is 0.831. The summed E-state index contributed by atoms with van der Waals surface area (Å²) in [6.07, 6.45) is 4.46. The van der Waals surface area contributed by atoms with E-state index in [-0.39, 0.29) is 18.0 Å². The molecule has 1 fully saturated rings. The first-order chi connectivity index (χ1) is 12.2. The minimum absolute atomic E-state index is 0.0630. The van der Waals surface area contributed by atoms with Crippen molar-refractivity contribution in [1.29, 1.82) is 0 Å².